The minimum atomic E-state index is -1.17. The summed E-state index contributed by atoms with van der Waals surface area (Å²) in [5.41, 5.74) is 0. The Labute approximate surface area is 228 Å². The van der Waals surface area contributed by atoms with Crippen LogP contribution in [0.15, 0.2) is 36.5 Å². The molecular weight excluding hydrogens is 462 g/mol. The van der Waals surface area contributed by atoms with Gasteiger partial charge in [0.15, 0.2) is 0 Å². The third kappa shape index (κ3) is 23.4. The van der Waals surface area contributed by atoms with Crippen LogP contribution < -0.4 is 5.32 Å². The number of carbonyl (C=O) groups excluding carboxylic acids is 1. The zero-order valence-corrected chi connectivity index (χ0v) is 24.1. The van der Waals surface area contributed by atoms with Crippen LogP contribution in [-0.4, -0.2) is 46.1 Å². The van der Waals surface area contributed by atoms with Crippen molar-refractivity contribution in [3.8, 4) is 0 Å². The first-order chi connectivity index (χ1) is 18.1. The van der Waals surface area contributed by atoms with E-state index in [4.69, 9.17) is 0 Å². The molecule has 0 heterocycles. The molecule has 0 aliphatic carbocycles. The van der Waals surface area contributed by atoms with E-state index in [-0.39, 0.29) is 5.91 Å². The van der Waals surface area contributed by atoms with Crippen molar-refractivity contribution < 1.29 is 20.1 Å². The molecule has 216 valence electrons. The Morgan fingerprint density at radius 3 is 1.76 bits per heavy atom. The minimum absolute atomic E-state index is 0.181. The second-order valence-corrected chi connectivity index (χ2v) is 10.3. The second-order valence-electron chi connectivity index (χ2n) is 10.3. The smallest absolute Gasteiger partial charge is 0.220 e. The molecule has 0 bridgehead atoms. The molecule has 0 rings (SSSR count). The Morgan fingerprint density at radius 2 is 1.16 bits per heavy atom. The highest BCUT2D eigenvalue weighted by atomic mass is 16.3. The number of aliphatic hydroxyl groups is 3. The molecule has 0 aliphatic heterocycles. The molecule has 5 nitrogen and oxygen atoms in total. The van der Waals surface area contributed by atoms with Gasteiger partial charge in [-0.25, -0.2) is 0 Å². The number of nitrogens with one attached hydrogen (secondary N) is 1. The highest BCUT2D eigenvalue weighted by Gasteiger charge is 2.26. The molecule has 37 heavy (non-hydrogen) atoms. The Balaban J connectivity index is 3.87. The van der Waals surface area contributed by atoms with Crippen LogP contribution in [0.25, 0.3) is 0 Å². The summed E-state index contributed by atoms with van der Waals surface area (Å²) in [6.45, 7) is 4.03. The number of carbonyl (C=O) groups is 1. The van der Waals surface area contributed by atoms with Crippen LogP contribution in [0.2, 0.25) is 0 Å². The lowest BCUT2D eigenvalue weighted by molar-refractivity contribution is -0.124. The fourth-order valence-electron chi connectivity index (χ4n) is 4.23. The maximum Gasteiger partial charge on any atom is 0.220 e. The van der Waals surface area contributed by atoms with Crippen LogP contribution in [0.1, 0.15) is 136 Å². The van der Waals surface area contributed by atoms with E-state index in [9.17, 15) is 20.1 Å². The molecule has 0 aromatic heterocycles. The summed E-state index contributed by atoms with van der Waals surface area (Å²) in [6, 6.07) is -0.835. The number of allylic oxidation sites excluding steroid dienone is 6. The van der Waals surface area contributed by atoms with Crippen molar-refractivity contribution >= 4 is 5.91 Å². The zero-order valence-electron chi connectivity index (χ0n) is 24.1. The lowest BCUT2D eigenvalue weighted by Gasteiger charge is -2.26. The number of unbranched alkanes of at least 4 members (excludes halogenated alkanes) is 12. The van der Waals surface area contributed by atoms with Gasteiger partial charge in [0.05, 0.1) is 18.8 Å². The summed E-state index contributed by atoms with van der Waals surface area (Å²) in [4.78, 5) is 12.2. The summed E-state index contributed by atoms with van der Waals surface area (Å²) >= 11 is 0. The van der Waals surface area contributed by atoms with E-state index < -0.39 is 24.9 Å². The minimum Gasteiger partial charge on any atom is -0.394 e. The fraction of sp³-hybridized carbons (Fsp3) is 0.781. The molecule has 0 aromatic carbocycles. The molecule has 3 unspecified atom stereocenters. The molecule has 0 spiro atoms. The number of amides is 1. The Kier molecular flexibility index (Phi) is 26.5. The monoisotopic (exact) mass is 521 g/mol. The predicted molar refractivity (Wildman–Crippen MR) is 158 cm³/mol. The average Bonchev–Trinajstić information content (AvgIpc) is 2.90. The van der Waals surface area contributed by atoms with E-state index in [0.29, 0.717) is 12.8 Å². The van der Waals surface area contributed by atoms with Gasteiger partial charge >= 0.3 is 0 Å². The molecule has 4 N–H and O–H groups in total. The molecule has 1 amide bonds. The highest BCUT2D eigenvalue weighted by Crippen LogP contribution is 2.11. The summed E-state index contributed by atoms with van der Waals surface area (Å²) in [5, 5.41) is 33.0. The van der Waals surface area contributed by atoms with Crippen LogP contribution in [0.4, 0.5) is 0 Å². The second kappa shape index (κ2) is 27.6. The number of hydrogen-bond donors (Lipinski definition) is 4. The lowest BCUT2D eigenvalue weighted by atomic mass is 10.0. The molecular formula is C32H59NO4. The van der Waals surface area contributed by atoms with Crippen LogP contribution in [0, 0.1) is 0 Å². The third-order valence-corrected chi connectivity index (χ3v) is 6.67. The quantitative estimate of drug-likeness (QED) is 0.0710. The molecule has 0 saturated carbocycles. The third-order valence-electron chi connectivity index (χ3n) is 6.67. The topological polar surface area (TPSA) is 89.8 Å². The van der Waals surface area contributed by atoms with Gasteiger partial charge in [-0.05, 0) is 70.6 Å². The van der Waals surface area contributed by atoms with Gasteiger partial charge < -0.3 is 20.6 Å². The first-order valence-corrected chi connectivity index (χ1v) is 15.3. The van der Waals surface area contributed by atoms with E-state index in [1.807, 2.05) is 0 Å². The molecule has 0 aromatic rings. The van der Waals surface area contributed by atoms with Crippen molar-refractivity contribution in [2.45, 2.75) is 154 Å². The fourth-order valence-corrected chi connectivity index (χ4v) is 4.23. The van der Waals surface area contributed by atoms with Crippen molar-refractivity contribution in [2.24, 2.45) is 0 Å². The standard InChI is InChI=1S/C32H59NO4/c1-3-5-7-9-11-13-15-16-17-19-21-23-25-27-31(36)33-29(28-34)32(37)30(35)26-24-22-20-18-14-12-10-8-6-4-2/h8,10,16-18,20,29-30,32,34-35,37H,3-7,9,11-15,19,21-28H2,1-2H3,(H,33,36)/b10-8+,17-16-,20-18+. The molecule has 0 radical (unpaired) electrons. The summed E-state index contributed by atoms with van der Waals surface area (Å²) < 4.78 is 0. The Morgan fingerprint density at radius 1 is 0.649 bits per heavy atom. The van der Waals surface area contributed by atoms with Crippen molar-refractivity contribution in [1.29, 1.82) is 0 Å². The van der Waals surface area contributed by atoms with Crippen molar-refractivity contribution in [3.05, 3.63) is 36.5 Å². The first kappa shape index (κ1) is 35.6. The van der Waals surface area contributed by atoms with E-state index >= 15 is 0 Å². The van der Waals surface area contributed by atoms with Gasteiger partial charge in [0, 0.05) is 6.42 Å². The lowest BCUT2D eigenvalue weighted by Crippen LogP contribution is -2.50. The largest absolute Gasteiger partial charge is 0.394 e. The van der Waals surface area contributed by atoms with Gasteiger partial charge in [0.25, 0.3) is 0 Å². The van der Waals surface area contributed by atoms with Crippen molar-refractivity contribution in [1.82, 2.24) is 5.32 Å². The maximum atomic E-state index is 12.2. The molecule has 5 heteroatoms. The molecule has 0 saturated heterocycles. The number of aliphatic hydroxyl groups excluding tert-OH is 3. The Bertz CT molecular complexity index is 587. The van der Waals surface area contributed by atoms with Gasteiger partial charge in [-0.1, -0.05) is 95.2 Å². The summed E-state index contributed by atoms with van der Waals surface area (Å²) in [5.74, 6) is -0.181. The van der Waals surface area contributed by atoms with Gasteiger partial charge in [0.1, 0.15) is 6.10 Å². The summed E-state index contributed by atoms with van der Waals surface area (Å²) in [7, 11) is 0. The average molecular weight is 522 g/mol. The number of hydrogen-bond acceptors (Lipinski definition) is 4. The van der Waals surface area contributed by atoms with Gasteiger partial charge in [0.2, 0.25) is 5.91 Å². The van der Waals surface area contributed by atoms with Crippen LogP contribution in [0.5, 0.6) is 0 Å². The number of rotatable bonds is 26. The molecule has 3 atom stereocenters. The van der Waals surface area contributed by atoms with Crippen LogP contribution in [-0.2, 0) is 4.79 Å². The van der Waals surface area contributed by atoms with E-state index in [1.54, 1.807) is 0 Å². The van der Waals surface area contributed by atoms with E-state index in [2.05, 4.69) is 55.6 Å². The van der Waals surface area contributed by atoms with Gasteiger partial charge in [-0.15, -0.1) is 0 Å². The van der Waals surface area contributed by atoms with Gasteiger partial charge in [-0.3, -0.25) is 4.79 Å². The SMILES string of the molecule is CCC/C=C/CC/C=C/CCCC(O)C(O)C(CO)NC(=O)CCCCC/C=C\CCCCCCCC. The normalized spacial score (nSPS) is 14.6. The zero-order chi connectivity index (χ0) is 27.4. The summed E-state index contributed by atoms with van der Waals surface area (Å²) in [6.07, 6.45) is 30.9. The van der Waals surface area contributed by atoms with Crippen molar-refractivity contribution in [2.75, 3.05) is 6.61 Å². The highest BCUT2D eigenvalue weighted by molar-refractivity contribution is 5.76. The van der Waals surface area contributed by atoms with Gasteiger partial charge in [-0.2, -0.15) is 0 Å². The van der Waals surface area contributed by atoms with E-state index in [1.165, 1.54) is 51.4 Å². The molecule has 0 aliphatic rings. The first-order valence-electron chi connectivity index (χ1n) is 15.3. The Hall–Kier alpha value is -1.43. The molecule has 0 fully saturated rings. The maximum absolute atomic E-state index is 12.2. The van der Waals surface area contributed by atoms with Crippen LogP contribution >= 0.6 is 0 Å². The predicted octanol–water partition coefficient (Wildman–Crippen LogP) is 7.31. The van der Waals surface area contributed by atoms with Crippen LogP contribution in [0.3, 0.4) is 0 Å². The van der Waals surface area contributed by atoms with E-state index in [0.717, 1.165) is 57.8 Å². The van der Waals surface area contributed by atoms with Crippen molar-refractivity contribution in [3.63, 3.8) is 0 Å².